The molecule has 1 fully saturated rings. The largest absolute Gasteiger partial charge is 0.373 e. The van der Waals surface area contributed by atoms with Gasteiger partial charge in [0.25, 0.3) is 0 Å². The molecule has 1 aliphatic rings. The normalized spacial score (nSPS) is 19.3. The van der Waals surface area contributed by atoms with Crippen molar-refractivity contribution >= 4 is 21.6 Å². The van der Waals surface area contributed by atoms with Gasteiger partial charge in [0.05, 0.1) is 17.3 Å². The molecule has 1 aromatic carbocycles. The SMILES string of the molecule is CN(CC1CCCNC1)c1ccc(C#N)cc1Br. The highest BCUT2D eigenvalue weighted by Crippen LogP contribution is 2.27. The molecule has 0 radical (unpaired) electrons. The first-order valence-electron chi connectivity index (χ1n) is 6.32. The van der Waals surface area contributed by atoms with Gasteiger partial charge in [0.2, 0.25) is 0 Å². The highest BCUT2D eigenvalue weighted by Gasteiger charge is 2.16. The average Bonchev–Trinajstić information content (AvgIpc) is 2.39. The minimum atomic E-state index is 0.693. The Kier molecular flexibility index (Phi) is 4.62. The van der Waals surface area contributed by atoms with Crippen LogP contribution < -0.4 is 10.2 Å². The Labute approximate surface area is 117 Å². The zero-order chi connectivity index (χ0) is 13.0. The smallest absolute Gasteiger partial charge is 0.0992 e. The summed E-state index contributed by atoms with van der Waals surface area (Å²) in [6.45, 7) is 3.32. The number of nitriles is 1. The number of hydrogen-bond donors (Lipinski definition) is 1. The molecule has 0 bridgehead atoms. The third-order valence-electron chi connectivity index (χ3n) is 3.42. The maximum atomic E-state index is 8.86. The van der Waals surface area contributed by atoms with Crippen LogP contribution >= 0.6 is 15.9 Å². The van der Waals surface area contributed by atoms with E-state index in [1.54, 1.807) is 0 Å². The Bertz CT molecular complexity index is 447. The van der Waals surface area contributed by atoms with Gasteiger partial charge in [-0.15, -0.1) is 0 Å². The molecule has 1 heterocycles. The van der Waals surface area contributed by atoms with Crippen molar-refractivity contribution < 1.29 is 0 Å². The van der Waals surface area contributed by atoms with Gasteiger partial charge in [-0.25, -0.2) is 0 Å². The summed E-state index contributed by atoms with van der Waals surface area (Å²) >= 11 is 3.54. The van der Waals surface area contributed by atoms with Crippen LogP contribution in [0.3, 0.4) is 0 Å². The number of nitrogens with zero attached hydrogens (tertiary/aromatic N) is 2. The van der Waals surface area contributed by atoms with Gasteiger partial charge in [0, 0.05) is 18.1 Å². The van der Waals surface area contributed by atoms with Crippen LogP contribution in [0.5, 0.6) is 0 Å². The van der Waals surface area contributed by atoms with Crippen molar-refractivity contribution in [2.75, 3.05) is 31.6 Å². The Balaban J connectivity index is 2.04. The van der Waals surface area contributed by atoms with Crippen molar-refractivity contribution in [3.05, 3.63) is 28.2 Å². The molecule has 0 aliphatic carbocycles. The molecule has 1 aliphatic heterocycles. The molecule has 18 heavy (non-hydrogen) atoms. The van der Waals surface area contributed by atoms with Crippen molar-refractivity contribution in [3.8, 4) is 6.07 Å². The second-order valence-electron chi connectivity index (χ2n) is 4.87. The first-order chi connectivity index (χ1) is 8.70. The molecule has 1 unspecified atom stereocenters. The van der Waals surface area contributed by atoms with Crippen molar-refractivity contribution in [1.82, 2.24) is 5.32 Å². The Hall–Kier alpha value is -1.05. The first-order valence-corrected chi connectivity index (χ1v) is 7.11. The number of halogens is 1. The number of rotatable bonds is 3. The second-order valence-corrected chi connectivity index (χ2v) is 5.73. The number of piperidine rings is 1. The Morgan fingerprint density at radius 2 is 2.39 bits per heavy atom. The lowest BCUT2D eigenvalue weighted by Gasteiger charge is -2.29. The number of hydrogen-bond acceptors (Lipinski definition) is 3. The summed E-state index contributed by atoms with van der Waals surface area (Å²) in [4.78, 5) is 2.27. The second kappa shape index (κ2) is 6.21. The first kappa shape index (κ1) is 13.4. The van der Waals surface area contributed by atoms with E-state index in [0.717, 1.165) is 29.8 Å². The van der Waals surface area contributed by atoms with Crippen molar-refractivity contribution in [3.63, 3.8) is 0 Å². The van der Waals surface area contributed by atoms with E-state index >= 15 is 0 Å². The van der Waals surface area contributed by atoms with E-state index in [-0.39, 0.29) is 0 Å². The molecule has 0 amide bonds. The van der Waals surface area contributed by atoms with Crippen LogP contribution in [0, 0.1) is 17.2 Å². The highest BCUT2D eigenvalue weighted by molar-refractivity contribution is 9.10. The lowest BCUT2D eigenvalue weighted by Crippen LogP contribution is -2.37. The van der Waals surface area contributed by atoms with Gasteiger partial charge >= 0.3 is 0 Å². The number of benzene rings is 1. The van der Waals surface area contributed by atoms with Gasteiger partial charge in [0.1, 0.15) is 0 Å². The van der Waals surface area contributed by atoms with Gasteiger partial charge in [-0.3, -0.25) is 0 Å². The lowest BCUT2D eigenvalue weighted by molar-refractivity contribution is 0.381. The monoisotopic (exact) mass is 307 g/mol. The molecule has 96 valence electrons. The van der Waals surface area contributed by atoms with E-state index < -0.39 is 0 Å². The molecule has 1 atom stereocenters. The van der Waals surface area contributed by atoms with E-state index in [9.17, 15) is 0 Å². The van der Waals surface area contributed by atoms with E-state index in [1.807, 2.05) is 18.2 Å². The van der Waals surface area contributed by atoms with E-state index in [1.165, 1.54) is 12.8 Å². The van der Waals surface area contributed by atoms with Crippen molar-refractivity contribution in [2.45, 2.75) is 12.8 Å². The minimum absolute atomic E-state index is 0.693. The fourth-order valence-corrected chi connectivity index (χ4v) is 3.13. The van der Waals surface area contributed by atoms with Crippen LogP contribution in [0.25, 0.3) is 0 Å². The Morgan fingerprint density at radius 3 is 3.00 bits per heavy atom. The zero-order valence-corrected chi connectivity index (χ0v) is 12.2. The van der Waals surface area contributed by atoms with E-state index in [2.05, 4.69) is 39.3 Å². The zero-order valence-electron chi connectivity index (χ0n) is 10.6. The summed E-state index contributed by atoms with van der Waals surface area (Å²) in [6.07, 6.45) is 2.57. The van der Waals surface area contributed by atoms with Crippen LogP contribution in [-0.4, -0.2) is 26.7 Å². The third-order valence-corrected chi connectivity index (χ3v) is 4.05. The summed E-state index contributed by atoms with van der Waals surface area (Å²) in [6, 6.07) is 7.92. The minimum Gasteiger partial charge on any atom is -0.373 e. The Morgan fingerprint density at radius 1 is 1.56 bits per heavy atom. The molecule has 0 saturated carbocycles. The molecular formula is C14H18BrN3. The summed E-state index contributed by atoms with van der Waals surface area (Å²) < 4.78 is 0.993. The maximum Gasteiger partial charge on any atom is 0.0992 e. The molecule has 0 spiro atoms. The maximum absolute atomic E-state index is 8.86. The average molecular weight is 308 g/mol. The summed E-state index contributed by atoms with van der Waals surface area (Å²) in [5.74, 6) is 0.714. The topological polar surface area (TPSA) is 39.1 Å². The van der Waals surface area contributed by atoms with E-state index in [4.69, 9.17) is 5.26 Å². The van der Waals surface area contributed by atoms with Crippen molar-refractivity contribution in [1.29, 1.82) is 5.26 Å². The fourth-order valence-electron chi connectivity index (χ4n) is 2.45. The van der Waals surface area contributed by atoms with Gasteiger partial charge in [-0.1, -0.05) is 0 Å². The third kappa shape index (κ3) is 3.24. The molecule has 0 aromatic heterocycles. The summed E-state index contributed by atoms with van der Waals surface area (Å²) in [5, 5.41) is 12.3. The fraction of sp³-hybridized carbons (Fsp3) is 0.500. The molecular weight excluding hydrogens is 290 g/mol. The quantitative estimate of drug-likeness (QED) is 0.933. The van der Waals surface area contributed by atoms with E-state index in [0.29, 0.717) is 11.5 Å². The summed E-state index contributed by atoms with van der Waals surface area (Å²) in [7, 11) is 2.11. The van der Waals surface area contributed by atoms with Crippen LogP contribution in [-0.2, 0) is 0 Å². The van der Waals surface area contributed by atoms with Crippen LogP contribution in [0.2, 0.25) is 0 Å². The molecule has 4 heteroatoms. The number of nitrogens with one attached hydrogen (secondary N) is 1. The highest BCUT2D eigenvalue weighted by atomic mass is 79.9. The van der Waals surface area contributed by atoms with Crippen LogP contribution in [0.1, 0.15) is 18.4 Å². The molecule has 1 aromatic rings. The van der Waals surface area contributed by atoms with Crippen LogP contribution in [0.4, 0.5) is 5.69 Å². The van der Waals surface area contributed by atoms with Crippen LogP contribution in [0.15, 0.2) is 22.7 Å². The number of anilines is 1. The van der Waals surface area contributed by atoms with Gasteiger partial charge in [-0.2, -0.15) is 5.26 Å². The van der Waals surface area contributed by atoms with Crippen molar-refractivity contribution in [2.24, 2.45) is 5.92 Å². The lowest BCUT2D eigenvalue weighted by atomic mass is 9.99. The standard InChI is InChI=1S/C14H18BrN3/c1-18(10-12-3-2-6-17-9-12)14-5-4-11(8-16)7-13(14)15/h4-5,7,12,17H,2-3,6,9-10H2,1H3. The van der Waals surface area contributed by atoms with Gasteiger partial charge in [-0.05, 0) is 66.0 Å². The van der Waals surface area contributed by atoms with Gasteiger partial charge in [0.15, 0.2) is 0 Å². The molecule has 1 saturated heterocycles. The molecule has 1 N–H and O–H groups in total. The summed E-state index contributed by atoms with van der Waals surface area (Å²) in [5.41, 5.74) is 1.85. The molecule has 2 rings (SSSR count). The van der Waals surface area contributed by atoms with Gasteiger partial charge < -0.3 is 10.2 Å². The molecule has 3 nitrogen and oxygen atoms in total. The predicted molar refractivity (Wildman–Crippen MR) is 77.7 cm³/mol. The predicted octanol–water partition coefficient (Wildman–Crippen LogP) is 2.76.